The average Bonchev–Trinajstić information content (AvgIpc) is 2.61. The van der Waals surface area contributed by atoms with Crippen LogP contribution in [0.25, 0.3) is 0 Å². The number of nitrogens with one attached hydrogen (secondary N) is 2. The number of amides is 2. The highest BCUT2D eigenvalue weighted by atomic mass is 16.2. The summed E-state index contributed by atoms with van der Waals surface area (Å²) in [5.74, 6) is 0.154. The van der Waals surface area contributed by atoms with Crippen LogP contribution < -0.4 is 15.5 Å². The van der Waals surface area contributed by atoms with E-state index >= 15 is 0 Å². The number of piperidine rings is 1. The summed E-state index contributed by atoms with van der Waals surface area (Å²) in [5.41, 5.74) is 0.724. The van der Waals surface area contributed by atoms with Crippen LogP contribution in [0.5, 0.6) is 0 Å². The van der Waals surface area contributed by atoms with E-state index in [1.54, 1.807) is 19.9 Å². The molecule has 0 aliphatic carbocycles. The van der Waals surface area contributed by atoms with Gasteiger partial charge in [-0.25, -0.2) is 0 Å². The van der Waals surface area contributed by atoms with Crippen LogP contribution in [0.4, 0.5) is 11.4 Å². The molecule has 2 amide bonds. The van der Waals surface area contributed by atoms with Crippen LogP contribution in [0.3, 0.4) is 0 Å². The topological polar surface area (TPSA) is 61.4 Å². The maximum atomic E-state index is 12.5. The molecule has 5 nitrogen and oxygen atoms in total. The van der Waals surface area contributed by atoms with Crippen LogP contribution in [0, 0.1) is 11.3 Å². The molecule has 0 aromatic heterocycles. The van der Waals surface area contributed by atoms with Crippen LogP contribution in [-0.2, 0) is 9.59 Å². The second-order valence-electron chi connectivity index (χ2n) is 7.29. The first kappa shape index (κ1) is 19.0. The van der Waals surface area contributed by atoms with Crippen molar-refractivity contribution in [2.75, 3.05) is 29.9 Å². The predicted molar refractivity (Wildman–Crippen MR) is 103 cm³/mol. The molecule has 0 bridgehead atoms. The lowest BCUT2D eigenvalue weighted by atomic mass is 9.91. The molecular weight excluding hydrogens is 314 g/mol. The molecule has 0 saturated carbocycles. The maximum absolute atomic E-state index is 12.5. The van der Waals surface area contributed by atoms with Crippen molar-refractivity contribution in [3.05, 3.63) is 36.9 Å². The summed E-state index contributed by atoms with van der Waals surface area (Å²) in [4.78, 5) is 26.9. The van der Waals surface area contributed by atoms with Crippen LogP contribution in [0.2, 0.25) is 0 Å². The van der Waals surface area contributed by atoms with Crippen molar-refractivity contribution in [1.29, 1.82) is 0 Å². The molecule has 1 fully saturated rings. The fraction of sp³-hybridized carbons (Fsp3) is 0.500. The van der Waals surface area contributed by atoms with Gasteiger partial charge in [-0.05, 0) is 56.9 Å². The monoisotopic (exact) mass is 343 g/mol. The van der Waals surface area contributed by atoms with Gasteiger partial charge >= 0.3 is 0 Å². The van der Waals surface area contributed by atoms with Gasteiger partial charge in [-0.15, -0.1) is 6.58 Å². The zero-order valence-electron chi connectivity index (χ0n) is 15.5. The van der Waals surface area contributed by atoms with E-state index in [-0.39, 0.29) is 11.8 Å². The molecule has 0 spiro atoms. The van der Waals surface area contributed by atoms with Gasteiger partial charge in [-0.2, -0.15) is 0 Å². The number of rotatable bonds is 6. The quantitative estimate of drug-likeness (QED) is 0.616. The first-order valence-electron chi connectivity index (χ1n) is 8.90. The van der Waals surface area contributed by atoms with E-state index in [0.29, 0.717) is 12.2 Å². The number of nitrogens with zero attached hydrogens (tertiary/aromatic N) is 1. The number of carbonyl (C=O) groups excluding carboxylic acids is 2. The maximum Gasteiger partial charge on any atom is 0.239 e. The van der Waals surface area contributed by atoms with Gasteiger partial charge < -0.3 is 15.5 Å². The third kappa shape index (κ3) is 4.84. The molecule has 1 heterocycles. The van der Waals surface area contributed by atoms with Gasteiger partial charge in [-0.3, -0.25) is 9.59 Å². The summed E-state index contributed by atoms with van der Waals surface area (Å²) >= 11 is 0. The lowest BCUT2D eigenvalue weighted by molar-refractivity contribution is -0.138. The zero-order chi connectivity index (χ0) is 18.4. The Morgan fingerprint density at radius 2 is 1.80 bits per heavy atom. The summed E-state index contributed by atoms with van der Waals surface area (Å²) in [6.45, 7) is 11.6. The van der Waals surface area contributed by atoms with E-state index in [0.717, 1.165) is 19.0 Å². The number of anilines is 2. The van der Waals surface area contributed by atoms with Crippen molar-refractivity contribution in [2.24, 2.45) is 11.3 Å². The molecule has 1 aromatic carbocycles. The number of hydrogen-bond donors (Lipinski definition) is 2. The second kappa shape index (κ2) is 8.19. The minimum atomic E-state index is -1.15. The van der Waals surface area contributed by atoms with Crippen molar-refractivity contribution < 1.29 is 9.59 Å². The van der Waals surface area contributed by atoms with Gasteiger partial charge in [0.25, 0.3) is 0 Å². The second-order valence-corrected chi connectivity index (χ2v) is 7.29. The van der Waals surface area contributed by atoms with Crippen LogP contribution in [0.1, 0.15) is 33.6 Å². The first-order chi connectivity index (χ1) is 11.8. The minimum absolute atomic E-state index is 0.316. The van der Waals surface area contributed by atoms with Crippen molar-refractivity contribution in [3.63, 3.8) is 0 Å². The molecule has 5 heteroatoms. The van der Waals surface area contributed by atoms with Crippen LogP contribution in [-0.4, -0.2) is 31.4 Å². The molecule has 25 heavy (non-hydrogen) atoms. The number of hydrogen-bond acceptors (Lipinski definition) is 3. The van der Waals surface area contributed by atoms with E-state index in [4.69, 9.17) is 0 Å². The molecule has 2 N–H and O–H groups in total. The van der Waals surface area contributed by atoms with E-state index in [1.165, 1.54) is 18.5 Å². The number of benzene rings is 1. The van der Waals surface area contributed by atoms with Gasteiger partial charge in [-0.1, -0.05) is 13.0 Å². The van der Waals surface area contributed by atoms with Gasteiger partial charge in [0, 0.05) is 31.0 Å². The predicted octanol–water partition coefficient (Wildman–Crippen LogP) is 3.19. The van der Waals surface area contributed by atoms with Crippen molar-refractivity contribution >= 4 is 23.2 Å². The SMILES string of the molecule is C=CCNC(=O)C(C)(C)C(=O)Nc1ccc(N2CCC(C)CC2)cc1. The standard InChI is InChI=1S/C20H29N3O2/c1-5-12-21-18(24)20(3,4)19(25)22-16-6-8-17(9-7-16)23-13-10-15(2)11-14-23/h5-9,15H,1,10-14H2,2-4H3,(H,21,24)(H,22,25). The molecule has 136 valence electrons. The zero-order valence-corrected chi connectivity index (χ0v) is 15.5. The normalized spacial score (nSPS) is 15.6. The highest BCUT2D eigenvalue weighted by Crippen LogP contribution is 2.25. The third-order valence-electron chi connectivity index (χ3n) is 4.82. The molecule has 0 unspecified atom stereocenters. The molecule has 1 aliphatic rings. The van der Waals surface area contributed by atoms with Crippen LogP contribution >= 0.6 is 0 Å². The molecule has 1 aliphatic heterocycles. The van der Waals surface area contributed by atoms with Crippen molar-refractivity contribution in [2.45, 2.75) is 33.6 Å². The van der Waals surface area contributed by atoms with E-state index in [1.807, 2.05) is 24.3 Å². The van der Waals surface area contributed by atoms with Crippen molar-refractivity contribution in [3.8, 4) is 0 Å². The van der Waals surface area contributed by atoms with Gasteiger partial charge in [0.15, 0.2) is 0 Å². The van der Waals surface area contributed by atoms with E-state index < -0.39 is 5.41 Å². The number of carbonyl (C=O) groups is 2. The molecular formula is C20H29N3O2. The summed E-state index contributed by atoms with van der Waals surface area (Å²) in [7, 11) is 0. The van der Waals surface area contributed by atoms with E-state index in [9.17, 15) is 9.59 Å². The Labute approximate surface area is 150 Å². The lowest BCUT2D eigenvalue weighted by Gasteiger charge is -2.32. The highest BCUT2D eigenvalue weighted by molar-refractivity contribution is 6.09. The Hall–Kier alpha value is -2.30. The summed E-state index contributed by atoms with van der Waals surface area (Å²) in [6.07, 6.45) is 4.02. The highest BCUT2D eigenvalue weighted by Gasteiger charge is 2.35. The molecule has 2 rings (SSSR count). The fourth-order valence-corrected chi connectivity index (χ4v) is 2.80. The van der Waals surface area contributed by atoms with Gasteiger partial charge in [0.05, 0.1) is 0 Å². The largest absolute Gasteiger partial charge is 0.372 e. The summed E-state index contributed by atoms with van der Waals surface area (Å²) in [6, 6.07) is 7.83. The van der Waals surface area contributed by atoms with Gasteiger partial charge in [0.1, 0.15) is 5.41 Å². The Morgan fingerprint density at radius 3 is 2.36 bits per heavy atom. The van der Waals surface area contributed by atoms with E-state index in [2.05, 4.69) is 29.0 Å². The Balaban J connectivity index is 1.97. The van der Waals surface area contributed by atoms with Crippen LogP contribution in [0.15, 0.2) is 36.9 Å². The lowest BCUT2D eigenvalue weighted by Crippen LogP contribution is -2.45. The third-order valence-corrected chi connectivity index (χ3v) is 4.82. The summed E-state index contributed by atoms with van der Waals surface area (Å²) < 4.78 is 0. The summed E-state index contributed by atoms with van der Waals surface area (Å²) in [5, 5.41) is 5.50. The molecule has 0 atom stereocenters. The van der Waals surface area contributed by atoms with Gasteiger partial charge in [0.2, 0.25) is 11.8 Å². The molecule has 0 radical (unpaired) electrons. The minimum Gasteiger partial charge on any atom is -0.372 e. The Bertz CT molecular complexity index is 614. The first-order valence-corrected chi connectivity index (χ1v) is 8.90. The molecule has 1 saturated heterocycles. The Morgan fingerprint density at radius 1 is 1.20 bits per heavy atom. The fourth-order valence-electron chi connectivity index (χ4n) is 2.80. The Kier molecular flexibility index (Phi) is 6.23. The molecule has 1 aromatic rings. The van der Waals surface area contributed by atoms with Crippen molar-refractivity contribution in [1.82, 2.24) is 5.32 Å². The average molecular weight is 343 g/mol. The smallest absolute Gasteiger partial charge is 0.239 e.